The van der Waals surface area contributed by atoms with E-state index in [4.69, 9.17) is 5.73 Å². The van der Waals surface area contributed by atoms with Gasteiger partial charge in [-0.3, -0.25) is 0 Å². The Labute approximate surface area is 133 Å². The Hall–Kier alpha value is -0.120. The molecule has 1 aliphatic rings. The first-order valence-electron chi connectivity index (χ1n) is 8.88. The van der Waals surface area contributed by atoms with Crippen molar-refractivity contribution in [2.45, 2.75) is 59.4 Å². The fourth-order valence-corrected chi connectivity index (χ4v) is 3.87. The third-order valence-electron chi connectivity index (χ3n) is 5.41. The second-order valence-corrected chi connectivity index (χ2v) is 8.22. The van der Waals surface area contributed by atoms with Gasteiger partial charge in [0.15, 0.2) is 0 Å². The van der Waals surface area contributed by atoms with Crippen LogP contribution in [-0.2, 0) is 0 Å². The molecule has 1 fully saturated rings. The van der Waals surface area contributed by atoms with Crippen molar-refractivity contribution in [1.29, 1.82) is 0 Å². The molecule has 0 saturated heterocycles. The lowest BCUT2D eigenvalue weighted by Gasteiger charge is -2.46. The molecule has 2 N–H and O–H groups in total. The van der Waals surface area contributed by atoms with Gasteiger partial charge in [0.25, 0.3) is 0 Å². The molecule has 1 rings (SSSR count). The van der Waals surface area contributed by atoms with E-state index >= 15 is 0 Å². The maximum absolute atomic E-state index is 6.08. The highest BCUT2D eigenvalue weighted by Gasteiger charge is 2.37. The van der Waals surface area contributed by atoms with E-state index in [-0.39, 0.29) is 0 Å². The molecule has 3 heteroatoms. The van der Waals surface area contributed by atoms with E-state index in [1.807, 2.05) is 0 Å². The third-order valence-corrected chi connectivity index (χ3v) is 5.41. The fourth-order valence-electron chi connectivity index (χ4n) is 3.87. The summed E-state index contributed by atoms with van der Waals surface area (Å²) in [5, 5.41) is 0. The van der Waals surface area contributed by atoms with Crippen LogP contribution in [0.1, 0.15) is 53.4 Å². The smallest absolute Gasteiger partial charge is 0.0138 e. The van der Waals surface area contributed by atoms with Gasteiger partial charge in [0, 0.05) is 6.04 Å². The first kappa shape index (κ1) is 18.9. The van der Waals surface area contributed by atoms with E-state index in [0.29, 0.717) is 17.4 Å². The fraction of sp³-hybridized carbons (Fsp3) is 1.00. The second-order valence-electron chi connectivity index (χ2n) is 8.22. The minimum atomic E-state index is 0.431. The Kier molecular flexibility index (Phi) is 7.66. The quantitative estimate of drug-likeness (QED) is 0.784. The number of hydrogen-bond acceptors (Lipinski definition) is 3. The molecule has 1 saturated carbocycles. The summed E-state index contributed by atoms with van der Waals surface area (Å²) >= 11 is 0. The van der Waals surface area contributed by atoms with Crippen LogP contribution in [0.3, 0.4) is 0 Å². The number of hydrogen-bond donors (Lipinski definition) is 1. The van der Waals surface area contributed by atoms with Crippen LogP contribution in [0.4, 0.5) is 0 Å². The number of nitrogens with zero attached hydrogens (tertiary/aromatic N) is 2. The van der Waals surface area contributed by atoms with Crippen molar-refractivity contribution in [1.82, 2.24) is 9.80 Å². The van der Waals surface area contributed by atoms with Crippen LogP contribution < -0.4 is 5.73 Å². The van der Waals surface area contributed by atoms with Gasteiger partial charge >= 0.3 is 0 Å². The molecule has 3 atom stereocenters. The van der Waals surface area contributed by atoms with Crippen molar-refractivity contribution in [2.75, 3.05) is 40.3 Å². The monoisotopic (exact) mass is 297 g/mol. The highest BCUT2D eigenvalue weighted by atomic mass is 15.2. The molecule has 21 heavy (non-hydrogen) atoms. The van der Waals surface area contributed by atoms with Gasteiger partial charge in [-0.05, 0) is 83.2 Å². The molecule has 0 heterocycles. The highest BCUT2D eigenvalue weighted by molar-refractivity contribution is 4.91. The Morgan fingerprint density at radius 1 is 1.10 bits per heavy atom. The standard InChI is InChI=1S/C18H39N3/c1-7-21(12-8-11-20(5)6)17-13-16(18(2,3)4)10-9-15(17)14-19/h15-17H,7-14,19H2,1-6H3. The zero-order chi connectivity index (χ0) is 16.0. The molecule has 0 bridgehead atoms. The summed E-state index contributed by atoms with van der Waals surface area (Å²) in [6.45, 7) is 13.9. The molecule has 126 valence electrons. The van der Waals surface area contributed by atoms with Gasteiger partial charge in [-0.15, -0.1) is 0 Å². The van der Waals surface area contributed by atoms with Gasteiger partial charge in [-0.1, -0.05) is 27.7 Å². The van der Waals surface area contributed by atoms with Crippen LogP contribution in [0.5, 0.6) is 0 Å². The summed E-state index contributed by atoms with van der Waals surface area (Å²) in [5.74, 6) is 1.54. The molecule has 3 unspecified atom stereocenters. The molecule has 0 aromatic heterocycles. The maximum atomic E-state index is 6.08. The molecular formula is C18H39N3. The average Bonchev–Trinajstić information content (AvgIpc) is 2.41. The molecule has 0 aromatic carbocycles. The number of rotatable bonds is 7. The van der Waals surface area contributed by atoms with E-state index in [9.17, 15) is 0 Å². The molecule has 0 amide bonds. The van der Waals surface area contributed by atoms with Crippen molar-refractivity contribution in [3.8, 4) is 0 Å². The Bertz CT molecular complexity index is 283. The van der Waals surface area contributed by atoms with E-state index in [1.54, 1.807) is 0 Å². The predicted octanol–water partition coefficient (Wildman–Crippen LogP) is 3.05. The molecule has 3 nitrogen and oxygen atoms in total. The SMILES string of the molecule is CCN(CCCN(C)C)C1CC(C(C)(C)C)CCC1CN. The summed E-state index contributed by atoms with van der Waals surface area (Å²) in [6, 6.07) is 0.695. The first-order valence-corrected chi connectivity index (χ1v) is 8.88. The van der Waals surface area contributed by atoms with Crippen molar-refractivity contribution < 1.29 is 0 Å². The summed E-state index contributed by atoms with van der Waals surface area (Å²) in [5.41, 5.74) is 6.51. The molecule has 0 radical (unpaired) electrons. The number of nitrogens with two attached hydrogens (primary N) is 1. The average molecular weight is 298 g/mol. The summed E-state index contributed by atoms with van der Waals surface area (Å²) in [4.78, 5) is 4.99. The van der Waals surface area contributed by atoms with Crippen LogP contribution in [-0.4, -0.2) is 56.1 Å². The summed E-state index contributed by atoms with van der Waals surface area (Å²) < 4.78 is 0. The lowest BCUT2D eigenvalue weighted by Crippen LogP contribution is -2.49. The lowest BCUT2D eigenvalue weighted by atomic mass is 9.67. The van der Waals surface area contributed by atoms with Gasteiger partial charge in [-0.25, -0.2) is 0 Å². The normalized spacial score (nSPS) is 27.6. The van der Waals surface area contributed by atoms with Gasteiger partial charge in [0.1, 0.15) is 0 Å². The molecule has 0 aromatic rings. The first-order chi connectivity index (χ1) is 9.79. The largest absolute Gasteiger partial charge is 0.330 e. The Balaban J connectivity index is 2.67. The minimum absolute atomic E-state index is 0.431. The van der Waals surface area contributed by atoms with Crippen LogP contribution in [0.25, 0.3) is 0 Å². The van der Waals surface area contributed by atoms with E-state index in [2.05, 4.69) is 51.6 Å². The zero-order valence-corrected chi connectivity index (χ0v) is 15.4. The zero-order valence-electron chi connectivity index (χ0n) is 15.4. The van der Waals surface area contributed by atoms with Crippen molar-refractivity contribution in [2.24, 2.45) is 23.0 Å². The van der Waals surface area contributed by atoms with Crippen LogP contribution in [0.2, 0.25) is 0 Å². The Morgan fingerprint density at radius 2 is 1.76 bits per heavy atom. The molecular weight excluding hydrogens is 258 g/mol. The van der Waals surface area contributed by atoms with Crippen LogP contribution in [0.15, 0.2) is 0 Å². The highest BCUT2D eigenvalue weighted by Crippen LogP contribution is 2.41. The van der Waals surface area contributed by atoms with Gasteiger partial charge in [0.05, 0.1) is 0 Å². The Morgan fingerprint density at radius 3 is 2.24 bits per heavy atom. The van der Waals surface area contributed by atoms with E-state index < -0.39 is 0 Å². The maximum Gasteiger partial charge on any atom is 0.0138 e. The van der Waals surface area contributed by atoms with E-state index in [0.717, 1.165) is 19.0 Å². The summed E-state index contributed by atoms with van der Waals surface area (Å²) in [6.07, 6.45) is 5.26. The van der Waals surface area contributed by atoms with Gasteiger partial charge < -0.3 is 15.5 Å². The predicted molar refractivity (Wildman–Crippen MR) is 93.5 cm³/mol. The molecule has 0 spiro atoms. The third kappa shape index (κ3) is 5.88. The minimum Gasteiger partial charge on any atom is -0.330 e. The topological polar surface area (TPSA) is 32.5 Å². The second kappa shape index (κ2) is 8.50. The molecule has 1 aliphatic carbocycles. The summed E-state index contributed by atoms with van der Waals surface area (Å²) in [7, 11) is 4.32. The van der Waals surface area contributed by atoms with E-state index in [1.165, 1.54) is 38.8 Å². The lowest BCUT2D eigenvalue weighted by molar-refractivity contribution is 0.0463. The van der Waals surface area contributed by atoms with Crippen molar-refractivity contribution in [3.63, 3.8) is 0 Å². The van der Waals surface area contributed by atoms with Gasteiger partial charge in [0.2, 0.25) is 0 Å². The molecule has 0 aliphatic heterocycles. The van der Waals surface area contributed by atoms with Crippen LogP contribution >= 0.6 is 0 Å². The van der Waals surface area contributed by atoms with Gasteiger partial charge in [-0.2, -0.15) is 0 Å². The van der Waals surface area contributed by atoms with Crippen molar-refractivity contribution >= 4 is 0 Å². The van der Waals surface area contributed by atoms with Crippen molar-refractivity contribution in [3.05, 3.63) is 0 Å². The van der Waals surface area contributed by atoms with Crippen LogP contribution in [0, 0.1) is 17.3 Å².